The van der Waals surface area contributed by atoms with Crippen molar-refractivity contribution in [3.63, 3.8) is 0 Å². The van der Waals surface area contributed by atoms with E-state index in [9.17, 15) is 5.11 Å². The van der Waals surface area contributed by atoms with Gasteiger partial charge < -0.3 is 5.11 Å². The van der Waals surface area contributed by atoms with Crippen LogP contribution in [-0.4, -0.2) is 5.11 Å². The lowest BCUT2D eigenvalue weighted by molar-refractivity contribution is 0.219. The second kappa shape index (κ2) is 5.96. The highest BCUT2D eigenvalue weighted by Crippen LogP contribution is 2.32. The van der Waals surface area contributed by atoms with Gasteiger partial charge in [0.15, 0.2) is 0 Å². The summed E-state index contributed by atoms with van der Waals surface area (Å²) in [6, 6.07) is 9.51. The molecule has 4 heteroatoms. The molecular formula is C15H13Br2ClO. The number of hydrogen-bond acceptors (Lipinski definition) is 1. The molecule has 19 heavy (non-hydrogen) atoms. The number of benzene rings is 2. The predicted octanol–water partition coefficient (Wildman–Crippen LogP) is 5.56. The number of aliphatic hydroxyl groups is 1. The van der Waals surface area contributed by atoms with Crippen molar-refractivity contribution in [2.45, 2.75) is 20.0 Å². The van der Waals surface area contributed by atoms with Gasteiger partial charge in [0.25, 0.3) is 0 Å². The molecule has 0 spiro atoms. The first-order valence-corrected chi connectivity index (χ1v) is 7.76. The third kappa shape index (κ3) is 3.22. The minimum absolute atomic E-state index is 0.639. The van der Waals surface area contributed by atoms with Crippen molar-refractivity contribution >= 4 is 43.5 Å². The lowest BCUT2D eigenvalue weighted by Crippen LogP contribution is -2.03. The second-order valence-electron chi connectivity index (χ2n) is 4.53. The third-order valence-electron chi connectivity index (χ3n) is 3.10. The van der Waals surface area contributed by atoms with Gasteiger partial charge >= 0.3 is 0 Å². The Labute approximate surface area is 134 Å². The average Bonchev–Trinajstić information content (AvgIpc) is 2.36. The minimum Gasteiger partial charge on any atom is -0.384 e. The number of halogens is 3. The van der Waals surface area contributed by atoms with E-state index in [1.54, 1.807) is 6.07 Å². The Hall–Kier alpha value is -0.350. The summed E-state index contributed by atoms with van der Waals surface area (Å²) in [5.74, 6) is 0. The monoisotopic (exact) mass is 402 g/mol. The van der Waals surface area contributed by atoms with E-state index in [2.05, 4.69) is 31.9 Å². The van der Waals surface area contributed by atoms with E-state index in [0.717, 1.165) is 31.2 Å². The number of rotatable bonds is 2. The summed E-state index contributed by atoms with van der Waals surface area (Å²) >= 11 is 12.9. The standard InChI is InChI=1S/C15H13Br2ClO/c1-8-6-12(16)9(2)5-11(8)15(19)10-3-4-14(18)13(17)7-10/h3-7,15,19H,1-2H3. The quantitative estimate of drug-likeness (QED) is 0.694. The van der Waals surface area contributed by atoms with E-state index in [4.69, 9.17) is 11.6 Å². The van der Waals surface area contributed by atoms with Gasteiger partial charge in [-0.15, -0.1) is 0 Å². The number of aliphatic hydroxyl groups excluding tert-OH is 1. The van der Waals surface area contributed by atoms with Gasteiger partial charge in [0, 0.05) is 8.95 Å². The number of hydrogen-bond donors (Lipinski definition) is 1. The molecule has 1 nitrogen and oxygen atoms in total. The van der Waals surface area contributed by atoms with Crippen molar-refractivity contribution in [1.82, 2.24) is 0 Å². The first-order valence-electron chi connectivity index (χ1n) is 5.80. The largest absolute Gasteiger partial charge is 0.384 e. The lowest BCUT2D eigenvalue weighted by atomic mass is 9.96. The Kier molecular flexibility index (Phi) is 4.72. The Balaban J connectivity index is 2.46. The maximum atomic E-state index is 10.5. The molecule has 0 aliphatic heterocycles. The smallest absolute Gasteiger partial charge is 0.104 e. The summed E-state index contributed by atoms with van der Waals surface area (Å²) < 4.78 is 1.84. The van der Waals surface area contributed by atoms with Crippen LogP contribution in [0.2, 0.25) is 5.02 Å². The molecule has 0 saturated heterocycles. The molecule has 0 saturated carbocycles. The maximum Gasteiger partial charge on any atom is 0.104 e. The molecule has 0 radical (unpaired) electrons. The van der Waals surface area contributed by atoms with Crippen LogP contribution in [0.3, 0.4) is 0 Å². The van der Waals surface area contributed by atoms with Crippen LogP contribution in [0, 0.1) is 13.8 Å². The van der Waals surface area contributed by atoms with Crippen LogP contribution in [0.25, 0.3) is 0 Å². The molecule has 2 rings (SSSR count). The fraction of sp³-hybridized carbons (Fsp3) is 0.200. The van der Waals surface area contributed by atoms with Crippen LogP contribution in [0.15, 0.2) is 39.3 Å². The maximum absolute atomic E-state index is 10.5. The summed E-state index contributed by atoms with van der Waals surface area (Å²) in [5, 5.41) is 11.2. The second-order valence-corrected chi connectivity index (χ2v) is 6.65. The first-order chi connectivity index (χ1) is 8.90. The zero-order valence-corrected chi connectivity index (χ0v) is 14.5. The summed E-state index contributed by atoms with van der Waals surface area (Å²) in [6.07, 6.45) is -0.652. The molecule has 0 aromatic heterocycles. The highest BCUT2D eigenvalue weighted by molar-refractivity contribution is 9.10. The van der Waals surface area contributed by atoms with E-state index in [0.29, 0.717) is 5.02 Å². The lowest BCUT2D eigenvalue weighted by Gasteiger charge is -2.16. The van der Waals surface area contributed by atoms with Crippen LogP contribution >= 0.6 is 43.5 Å². The Morgan fingerprint density at radius 3 is 2.32 bits per heavy atom. The summed E-state index contributed by atoms with van der Waals surface area (Å²) in [5.41, 5.74) is 3.89. The van der Waals surface area contributed by atoms with E-state index >= 15 is 0 Å². The van der Waals surface area contributed by atoms with Gasteiger partial charge in [-0.2, -0.15) is 0 Å². The normalized spacial score (nSPS) is 12.5. The SMILES string of the molecule is Cc1cc(C(O)c2ccc(Cl)c(Br)c2)c(C)cc1Br. The van der Waals surface area contributed by atoms with E-state index in [1.165, 1.54) is 0 Å². The van der Waals surface area contributed by atoms with Crippen molar-refractivity contribution in [2.75, 3.05) is 0 Å². The Morgan fingerprint density at radius 1 is 1.00 bits per heavy atom. The van der Waals surface area contributed by atoms with Gasteiger partial charge in [0.2, 0.25) is 0 Å². The molecular weight excluding hydrogens is 391 g/mol. The van der Waals surface area contributed by atoms with Crippen LogP contribution in [-0.2, 0) is 0 Å². The van der Waals surface area contributed by atoms with Gasteiger partial charge in [0.05, 0.1) is 5.02 Å². The van der Waals surface area contributed by atoms with Gasteiger partial charge in [-0.05, 0) is 70.2 Å². The van der Waals surface area contributed by atoms with E-state index < -0.39 is 6.10 Å². The summed E-state index contributed by atoms with van der Waals surface area (Å²) in [6.45, 7) is 4.01. The molecule has 1 unspecified atom stereocenters. The molecule has 0 amide bonds. The zero-order valence-electron chi connectivity index (χ0n) is 10.5. The molecule has 2 aromatic carbocycles. The molecule has 100 valence electrons. The van der Waals surface area contributed by atoms with Gasteiger partial charge in [-0.25, -0.2) is 0 Å². The van der Waals surface area contributed by atoms with Crippen molar-refractivity contribution in [3.05, 3.63) is 66.6 Å². The molecule has 1 atom stereocenters. The predicted molar refractivity (Wildman–Crippen MR) is 86.8 cm³/mol. The van der Waals surface area contributed by atoms with Crippen molar-refractivity contribution < 1.29 is 5.11 Å². The fourth-order valence-electron chi connectivity index (χ4n) is 1.96. The molecule has 0 bridgehead atoms. The van der Waals surface area contributed by atoms with Gasteiger partial charge in [-0.1, -0.05) is 39.7 Å². The zero-order chi connectivity index (χ0) is 14.2. The summed E-state index contributed by atoms with van der Waals surface area (Å²) in [7, 11) is 0. The van der Waals surface area contributed by atoms with E-state index in [1.807, 2.05) is 38.1 Å². The van der Waals surface area contributed by atoms with Crippen molar-refractivity contribution in [1.29, 1.82) is 0 Å². The Bertz CT molecular complexity index is 626. The van der Waals surface area contributed by atoms with E-state index in [-0.39, 0.29) is 0 Å². The minimum atomic E-state index is -0.652. The highest BCUT2D eigenvalue weighted by atomic mass is 79.9. The number of aryl methyl sites for hydroxylation is 2. The molecule has 1 N–H and O–H groups in total. The van der Waals surface area contributed by atoms with Crippen LogP contribution < -0.4 is 0 Å². The van der Waals surface area contributed by atoms with Gasteiger partial charge in [0.1, 0.15) is 6.10 Å². The van der Waals surface area contributed by atoms with Gasteiger partial charge in [-0.3, -0.25) is 0 Å². The fourth-order valence-corrected chi connectivity index (χ4v) is 2.93. The molecule has 0 aliphatic rings. The van der Waals surface area contributed by atoms with Crippen molar-refractivity contribution in [3.8, 4) is 0 Å². The molecule has 0 fully saturated rings. The Morgan fingerprint density at radius 2 is 1.68 bits per heavy atom. The topological polar surface area (TPSA) is 20.2 Å². The molecule has 0 heterocycles. The molecule has 0 aliphatic carbocycles. The first kappa shape index (κ1) is 15.0. The van der Waals surface area contributed by atoms with Crippen LogP contribution in [0.1, 0.15) is 28.4 Å². The highest BCUT2D eigenvalue weighted by Gasteiger charge is 2.15. The molecule has 2 aromatic rings. The average molecular weight is 405 g/mol. The van der Waals surface area contributed by atoms with Crippen molar-refractivity contribution in [2.24, 2.45) is 0 Å². The van der Waals surface area contributed by atoms with Crippen LogP contribution in [0.5, 0.6) is 0 Å². The summed E-state index contributed by atoms with van der Waals surface area (Å²) in [4.78, 5) is 0. The van der Waals surface area contributed by atoms with Crippen LogP contribution in [0.4, 0.5) is 0 Å². The third-order valence-corrected chi connectivity index (χ3v) is 5.17.